The van der Waals surface area contributed by atoms with Crippen LogP contribution in [0.3, 0.4) is 0 Å². The van der Waals surface area contributed by atoms with E-state index in [-0.39, 0.29) is 0 Å². The summed E-state index contributed by atoms with van der Waals surface area (Å²) in [5, 5.41) is 21.7. The van der Waals surface area contributed by atoms with E-state index in [1.165, 1.54) is 6.20 Å². The highest BCUT2D eigenvalue weighted by Gasteiger charge is 2.22. The maximum absolute atomic E-state index is 11.5. The summed E-state index contributed by atoms with van der Waals surface area (Å²) in [4.78, 5) is 36.6. The molecule has 102 valence electrons. The molecule has 1 aromatic rings. The maximum atomic E-state index is 11.5. The van der Waals surface area contributed by atoms with Gasteiger partial charge in [0.05, 0.1) is 18.3 Å². The molecule has 8 heteroatoms. The molecule has 0 spiro atoms. The molecule has 0 unspecified atom stereocenters. The van der Waals surface area contributed by atoms with Crippen molar-refractivity contribution >= 4 is 23.7 Å². The zero-order valence-corrected chi connectivity index (χ0v) is 10.1. The lowest BCUT2D eigenvalue weighted by Gasteiger charge is -2.13. The van der Waals surface area contributed by atoms with Gasteiger partial charge in [0.25, 0.3) is 0 Å². The number of aryl methyl sites for hydroxylation is 1. The van der Waals surface area contributed by atoms with E-state index in [1.807, 2.05) is 0 Å². The molecule has 0 aliphatic rings. The molecular weight excluding hydrogens is 254 g/mol. The van der Waals surface area contributed by atoms with Crippen LogP contribution in [0.4, 0.5) is 10.5 Å². The van der Waals surface area contributed by atoms with Crippen LogP contribution in [0.5, 0.6) is 0 Å². The predicted molar refractivity (Wildman–Crippen MR) is 64.8 cm³/mol. The van der Waals surface area contributed by atoms with Crippen LogP contribution >= 0.6 is 0 Å². The number of carboxylic acid groups (broad SMARTS) is 2. The van der Waals surface area contributed by atoms with Crippen molar-refractivity contribution in [1.82, 2.24) is 10.3 Å². The second kappa shape index (κ2) is 6.34. The van der Waals surface area contributed by atoms with Gasteiger partial charge in [0.1, 0.15) is 6.04 Å². The van der Waals surface area contributed by atoms with E-state index in [9.17, 15) is 14.4 Å². The molecule has 19 heavy (non-hydrogen) atoms. The Balaban J connectivity index is 2.62. The lowest BCUT2D eigenvalue weighted by molar-refractivity contribution is -0.145. The number of carboxylic acids is 2. The van der Waals surface area contributed by atoms with Crippen LogP contribution in [0, 0.1) is 6.92 Å². The number of anilines is 1. The number of carbonyl (C=O) groups excluding carboxylic acids is 1. The number of hydrogen-bond acceptors (Lipinski definition) is 4. The number of carbonyl (C=O) groups is 3. The van der Waals surface area contributed by atoms with Crippen LogP contribution in [0.2, 0.25) is 0 Å². The summed E-state index contributed by atoms with van der Waals surface area (Å²) in [6.45, 7) is 1.78. The molecular formula is C11H13N3O5. The van der Waals surface area contributed by atoms with Crippen molar-refractivity contribution < 1.29 is 24.6 Å². The highest BCUT2D eigenvalue weighted by Crippen LogP contribution is 2.07. The van der Waals surface area contributed by atoms with Gasteiger partial charge in [-0.05, 0) is 18.6 Å². The Morgan fingerprint density at radius 3 is 2.53 bits per heavy atom. The van der Waals surface area contributed by atoms with Gasteiger partial charge in [-0.1, -0.05) is 0 Å². The third-order valence-electron chi connectivity index (χ3n) is 2.11. The largest absolute Gasteiger partial charge is 0.481 e. The SMILES string of the molecule is Cc1cncc(NC(=O)N[C@H](CC(=O)O)C(=O)O)c1. The first-order valence-electron chi connectivity index (χ1n) is 5.32. The molecule has 1 heterocycles. The first kappa shape index (κ1) is 14.4. The minimum absolute atomic E-state index is 0.386. The molecule has 0 aliphatic carbocycles. The van der Waals surface area contributed by atoms with E-state index in [1.54, 1.807) is 19.2 Å². The molecule has 0 aromatic carbocycles. The van der Waals surface area contributed by atoms with Crippen LogP contribution in [0.15, 0.2) is 18.5 Å². The molecule has 8 nitrogen and oxygen atoms in total. The van der Waals surface area contributed by atoms with Crippen molar-refractivity contribution in [3.63, 3.8) is 0 Å². The van der Waals surface area contributed by atoms with Gasteiger partial charge in [-0.15, -0.1) is 0 Å². The molecule has 1 rings (SSSR count). The summed E-state index contributed by atoms with van der Waals surface area (Å²) in [5.41, 5.74) is 1.20. The summed E-state index contributed by atoms with van der Waals surface area (Å²) in [5.74, 6) is -2.73. The molecule has 0 aliphatic heterocycles. The number of nitrogens with one attached hydrogen (secondary N) is 2. The Bertz CT molecular complexity index is 503. The minimum atomic E-state index is -1.49. The monoisotopic (exact) mass is 267 g/mol. The molecule has 0 fully saturated rings. The molecule has 4 N–H and O–H groups in total. The Kier molecular flexibility index (Phi) is 4.81. The van der Waals surface area contributed by atoms with E-state index in [0.717, 1.165) is 5.56 Å². The standard InChI is InChI=1S/C11H13N3O5/c1-6-2-7(5-12-4-6)13-11(19)14-8(10(17)18)3-9(15)16/h2,4-5,8H,3H2,1H3,(H,15,16)(H,17,18)(H2,13,14,19)/t8-/m1/s1. The van der Waals surface area contributed by atoms with Gasteiger partial charge in [-0.25, -0.2) is 9.59 Å². The molecule has 0 saturated heterocycles. The van der Waals surface area contributed by atoms with Gasteiger partial charge < -0.3 is 20.8 Å². The summed E-state index contributed by atoms with van der Waals surface area (Å²) >= 11 is 0. The number of hydrogen-bond donors (Lipinski definition) is 4. The molecule has 1 aromatic heterocycles. The topological polar surface area (TPSA) is 129 Å². The smallest absolute Gasteiger partial charge is 0.326 e. The fraction of sp³-hybridized carbons (Fsp3) is 0.273. The van der Waals surface area contributed by atoms with Crippen molar-refractivity contribution in [1.29, 1.82) is 0 Å². The van der Waals surface area contributed by atoms with E-state index < -0.39 is 30.4 Å². The van der Waals surface area contributed by atoms with Crippen molar-refractivity contribution in [2.24, 2.45) is 0 Å². The van der Waals surface area contributed by atoms with Gasteiger partial charge in [0.15, 0.2) is 0 Å². The van der Waals surface area contributed by atoms with E-state index in [2.05, 4.69) is 15.6 Å². The minimum Gasteiger partial charge on any atom is -0.481 e. The normalized spacial score (nSPS) is 11.4. The van der Waals surface area contributed by atoms with Gasteiger partial charge >= 0.3 is 18.0 Å². The number of urea groups is 1. The number of pyridine rings is 1. The first-order chi connectivity index (χ1) is 8.88. The lowest BCUT2D eigenvalue weighted by Crippen LogP contribution is -2.44. The fourth-order valence-corrected chi connectivity index (χ4v) is 1.32. The predicted octanol–water partition coefficient (Wildman–Crippen LogP) is 0.439. The number of aliphatic carboxylic acids is 2. The van der Waals surface area contributed by atoms with Gasteiger partial charge in [-0.3, -0.25) is 9.78 Å². The third-order valence-corrected chi connectivity index (χ3v) is 2.11. The van der Waals surface area contributed by atoms with Gasteiger partial charge in [0, 0.05) is 6.20 Å². The van der Waals surface area contributed by atoms with Crippen LogP contribution in [0.25, 0.3) is 0 Å². The summed E-state index contributed by atoms with van der Waals surface area (Å²) in [6.07, 6.45) is 2.28. The zero-order valence-electron chi connectivity index (χ0n) is 10.1. The Hall–Kier alpha value is -2.64. The molecule has 0 radical (unpaired) electrons. The van der Waals surface area contributed by atoms with Crippen molar-refractivity contribution in [2.45, 2.75) is 19.4 Å². The van der Waals surface area contributed by atoms with E-state index >= 15 is 0 Å². The van der Waals surface area contributed by atoms with Crippen LogP contribution in [-0.2, 0) is 9.59 Å². The van der Waals surface area contributed by atoms with Crippen LogP contribution in [0.1, 0.15) is 12.0 Å². The number of amides is 2. The highest BCUT2D eigenvalue weighted by atomic mass is 16.4. The average molecular weight is 267 g/mol. The maximum Gasteiger partial charge on any atom is 0.326 e. The second-order valence-corrected chi connectivity index (χ2v) is 3.84. The summed E-state index contributed by atoms with van der Waals surface area (Å²) in [7, 11) is 0. The lowest BCUT2D eigenvalue weighted by atomic mass is 10.2. The fourth-order valence-electron chi connectivity index (χ4n) is 1.32. The Labute approximate surface area is 108 Å². The van der Waals surface area contributed by atoms with Crippen molar-refractivity contribution in [3.05, 3.63) is 24.0 Å². The molecule has 1 atom stereocenters. The number of nitrogens with zero attached hydrogens (tertiary/aromatic N) is 1. The van der Waals surface area contributed by atoms with Crippen LogP contribution < -0.4 is 10.6 Å². The third kappa shape index (κ3) is 5.02. The molecule has 0 bridgehead atoms. The van der Waals surface area contributed by atoms with Gasteiger partial charge in [0.2, 0.25) is 0 Å². The van der Waals surface area contributed by atoms with Gasteiger partial charge in [-0.2, -0.15) is 0 Å². The highest BCUT2D eigenvalue weighted by molar-refractivity contribution is 5.93. The van der Waals surface area contributed by atoms with E-state index in [0.29, 0.717) is 5.69 Å². The van der Waals surface area contributed by atoms with Crippen molar-refractivity contribution in [2.75, 3.05) is 5.32 Å². The number of aromatic nitrogens is 1. The van der Waals surface area contributed by atoms with Crippen molar-refractivity contribution in [3.8, 4) is 0 Å². The summed E-state index contributed by atoms with van der Waals surface area (Å²) in [6, 6.07) is -0.657. The Morgan fingerprint density at radius 1 is 1.32 bits per heavy atom. The second-order valence-electron chi connectivity index (χ2n) is 3.84. The Morgan fingerprint density at radius 2 is 2.00 bits per heavy atom. The van der Waals surface area contributed by atoms with E-state index in [4.69, 9.17) is 10.2 Å². The average Bonchev–Trinajstić information content (AvgIpc) is 2.27. The quantitative estimate of drug-likeness (QED) is 0.612. The number of rotatable bonds is 5. The zero-order chi connectivity index (χ0) is 14.4. The summed E-state index contributed by atoms with van der Waals surface area (Å²) < 4.78 is 0. The first-order valence-corrected chi connectivity index (χ1v) is 5.32. The molecule has 0 saturated carbocycles. The molecule has 2 amide bonds. The van der Waals surface area contributed by atoms with Crippen LogP contribution in [-0.4, -0.2) is 39.2 Å².